The molecule has 0 saturated heterocycles. The van der Waals surface area contributed by atoms with Crippen molar-refractivity contribution in [2.75, 3.05) is 5.32 Å². The average molecular weight is 462 g/mol. The number of allylic oxidation sites excluding steroid dienone is 1. The van der Waals surface area contributed by atoms with Crippen LogP contribution in [-0.4, -0.2) is 11.6 Å². The minimum absolute atomic E-state index is 0.228. The van der Waals surface area contributed by atoms with Crippen LogP contribution in [0.1, 0.15) is 24.2 Å². The van der Waals surface area contributed by atoms with Crippen LogP contribution in [0, 0.1) is 17.2 Å². The van der Waals surface area contributed by atoms with Gasteiger partial charge in [-0.1, -0.05) is 41.9 Å². The highest BCUT2D eigenvalue weighted by atomic mass is 35.5. The van der Waals surface area contributed by atoms with Gasteiger partial charge in [-0.25, -0.2) is 4.99 Å². The van der Waals surface area contributed by atoms with Crippen LogP contribution in [0.5, 0.6) is 0 Å². The number of nitrogens with zero attached hydrogens (tertiary/aromatic N) is 2. The number of benzene rings is 2. The van der Waals surface area contributed by atoms with Crippen molar-refractivity contribution >= 4 is 40.7 Å². The summed E-state index contributed by atoms with van der Waals surface area (Å²) >= 11 is 7.44. The molecule has 1 aliphatic rings. The molecule has 2 atom stereocenters. The van der Waals surface area contributed by atoms with Crippen molar-refractivity contribution in [2.45, 2.75) is 18.6 Å². The van der Waals surface area contributed by atoms with E-state index in [0.29, 0.717) is 38.5 Å². The zero-order valence-corrected chi connectivity index (χ0v) is 18.9. The van der Waals surface area contributed by atoms with Gasteiger partial charge in [-0.05, 0) is 48.9 Å². The average Bonchev–Trinajstić information content (AvgIpc) is 3.33. The van der Waals surface area contributed by atoms with Crippen LogP contribution in [0.3, 0.4) is 0 Å². The number of nitriles is 1. The van der Waals surface area contributed by atoms with E-state index in [-0.39, 0.29) is 5.91 Å². The van der Waals surface area contributed by atoms with Crippen molar-refractivity contribution in [3.63, 3.8) is 0 Å². The van der Waals surface area contributed by atoms with Gasteiger partial charge in [-0.2, -0.15) is 5.26 Å². The molecule has 1 aromatic heterocycles. The lowest BCUT2D eigenvalue weighted by Crippen LogP contribution is -2.36. The lowest BCUT2D eigenvalue weighted by molar-refractivity contribution is -0.118. The first-order chi connectivity index (χ1) is 15.6. The van der Waals surface area contributed by atoms with Crippen molar-refractivity contribution < 1.29 is 9.21 Å². The summed E-state index contributed by atoms with van der Waals surface area (Å²) in [5.41, 5.74) is 2.82. The second kappa shape index (κ2) is 9.90. The number of thioether (sulfide) groups is 1. The molecule has 5 nitrogen and oxygen atoms in total. The van der Waals surface area contributed by atoms with Crippen molar-refractivity contribution in [3.8, 4) is 6.07 Å². The molecule has 0 spiro atoms. The molecule has 0 radical (unpaired) electrons. The van der Waals surface area contributed by atoms with Gasteiger partial charge < -0.3 is 9.73 Å². The lowest BCUT2D eigenvalue weighted by Gasteiger charge is -2.29. The molecule has 0 aliphatic carbocycles. The molecule has 2 aromatic carbocycles. The summed E-state index contributed by atoms with van der Waals surface area (Å²) < 4.78 is 5.66. The van der Waals surface area contributed by atoms with Gasteiger partial charge in [0.1, 0.15) is 10.8 Å². The van der Waals surface area contributed by atoms with E-state index in [9.17, 15) is 10.1 Å². The van der Waals surface area contributed by atoms with Crippen LogP contribution in [0.15, 0.2) is 93.0 Å². The Balaban J connectivity index is 1.66. The summed E-state index contributed by atoms with van der Waals surface area (Å²) in [5.74, 6) is -0.248. The Morgan fingerprint density at radius 2 is 1.91 bits per heavy atom. The number of furan rings is 1. The molecule has 4 rings (SSSR count). The number of hydrogen-bond donors (Lipinski definition) is 1. The van der Waals surface area contributed by atoms with Crippen LogP contribution in [0.4, 0.5) is 5.69 Å². The Labute approximate surface area is 195 Å². The van der Waals surface area contributed by atoms with E-state index in [0.717, 1.165) is 5.56 Å². The van der Waals surface area contributed by atoms with Crippen molar-refractivity contribution in [1.82, 2.24) is 0 Å². The van der Waals surface area contributed by atoms with E-state index in [1.807, 2.05) is 61.5 Å². The van der Waals surface area contributed by atoms with Gasteiger partial charge in [0.05, 0.1) is 29.7 Å². The topological polar surface area (TPSA) is 78.4 Å². The zero-order chi connectivity index (χ0) is 22.5. The zero-order valence-electron chi connectivity index (χ0n) is 17.3. The number of aliphatic imine (C=N–C) groups is 1. The van der Waals surface area contributed by atoms with Gasteiger partial charge in [0.2, 0.25) is 5.91 Å². The second-order valence-electron chi connectivity index (χ2n) is 7.32. The first-order valence-electron chi connectivity index (χ1n) is 10.0. The summed E-state index contributed by atoms with van der Waals surface area (Å²) in [5, 5.41) is 14.3. The van der Waals surface area contributed by atoms with Crippen LogP contribution in [0.25, 0.3) is 0 Å². The molecule has 0 saturated carbocycles. The highest BCUT2D eigenvalue weighted by Crippen LogP contribution is 2.43. The number of nitrogens with one attached hydrogen (secondary N) is 1. The fourth-order valence-corrected chi connectivity index (χ4v) is 4.81. The fourth-order valence-electron chi connectivity index (χ4n) is 3.65. The number of amides is 1. The maximum Gasteiger partial charge on any atom is 0.234 e. The first kappa shape index (κ1) is 21.9. The summed E-state index contributed by atoms with van der Waals surface area (Å²) in [7, 11) is 0. The number of para-hydroxylation sites is 1. The van der Waals surface area contributed by atoms with E-state index >= 15 is 0 Å². The molecule has 3 aromatic rings. The third-order valence-electron chi connectivity index (χ3n) is 5.19. The maximum absolute atomic E-state index is 13.3. The van der Waals surface area contributed by atoms with Crippen molar-refractivity contribution in [3.05, 3.63) is 99.9 Å². The van der Waals surface area contributed by atoms with Gasteiger partial charge in [-0.15, -0.1) is 11.8 Å². The number of halogens is 1. The van der Waals surface area contributed by atoms with Gasteiger partial charge in [0, 0.05) is 22.2 Å². The summed E-state index contributed by atoms with van der Waals surface area (Å²) in [6.07, 6.45) is 1.55. The fraction of sp³-hybridized carbons (Fsp3) is 0.160. The number of anilines is 1. The molecule has 32 heavy (non-hydrogen) atoms. The van der Waals surface area contributed by atoms with Crippen LogP contribution in [0.2, 0.25) is 5.02 Å². The molecule has 1 amide bonds. The van der Waals surface area contributed by atoms with Crippen LogP contribution < -0.4 is 5.32 Å². The van der Waals surface area contributed by atoms with E-state index < -0.39 is 11.8 Å². The predicted octanol–water partition coefficient (Wildman–Crippen LogP) is 6.41. The van der Waals surface area contributed by atoms with Crippen molar-refractivity contribution in [2.24, 2.45) is 10.9 Å². The van der Waals surface area contributed by atoms with Crippen molar-refractivity contribution in [1.29, 1.82) is 5.26 Å². The second-order valence-corrected chi connectivity index (χ2v) is 8.73. The molecular formula is C25H20ClN3O2S. The van der Waals surface area contributed by atoms with E-state index in [4.69, 9.17) is 16.0 Å². The van der Waals surface area contributed by atoms with Crippen LogP contribution >= 0.6 is 23.4 Å². The third kappa shape index (κ3) is 4.80. The highest BCUT2D eigenvalue weighted by molar-refractivity contribution is 8.02. The molecule has 2 heterocycles. The third-order valence-corrected chi connectivity index (χ3v) is 6.50. The molecule has 1 N–H and O–H groups in total. The normalized spacial score (nSPS) is 18.1. The molecule has 0 fully saturated rings. The van der Waals surface area contributed by atoms with Gasteiger partial charge in [-0.3, -0.25) is 4.79 Å². The Morgan fingerprint density at radius 3 is 2.56 bits per heavy atom. The first-order valence-corrected chi connectivity index (χ1v) is 11.4. The Morgan fingerprint density at radius 1 is 1.16 bits per heavy atom. The maximum atomic E-state index is 13.3. The SMILES string of the molecule is CC1=NC(SCc2ccc(Cl)cc2)=C(C#N)[C@@H](c2ccco2)C1C(=O)Nc1ccccc1. The van der Waals surface area contributed by atoms with E-state index in [2.05, 4.69) is 16.4 Å². The monoisotopic (exact) mass is 461 g/mol. The predicted molar refractivity (Wildman–Crippen MR) is 129 cm³/mol. The minimum Gasteiger partial charge on any atom is -0.469 e. The van der Waals surface area contributed by atoms with Crippen LogP contribution in [-0.2, 0) is 10.5 Å². The number of hydrogen-bond acceptors (Lipinski definition) is 5. The number of carbonyl (C=O) groups excluding carboxylic acids is 1. The number of carbonyl (C=O) groups is 1. The molecule has 1 unspecified atom stereocenters. The molecule has 160 valence electrons. The smallest absolute Gasteiger partial charge is 0.234 e. The lowest BCUT2D eigenvalue weighted by atomic mass is 9.79. The van der Waals surface area contributed by atoms with Gasteiger partial charge in [0.25, 0.3) is 0 Å². The quantitative estimate of drug-likeness (QED) is 0.459. The van der Waals surface area contributed by atoms with Gasteiger partial charge in [0.15, 0.2) is 0 Å². The molecular weight excluding hydrogens is 442 g/mol. The minimum atomic E-state index is -0.657. The highest BCUT2D eigenvalue weighted by Gasteiger charge is 2.41. The van der Waals surface area contributed by atoms with E-state index in [1.165, 1.54) is 11.8 Å². The summed E-state index contributed by atoms with van der Waals surface area (Å²) in [6, 6.07) is 22.7. The Hall–Kier alpha value is -3.27. The molecule has 7 heteroatoms. The van der Waals surface area contributed by atoms with E-state index in [1.54, 1.807) is 18.4 Å². The summed E-state index contributed by atoms with van der Waals surface area (Å²) in [4.78, 5) is 18.0. The standard InChI is InChI=1S/C25H20ClN3O2S/c1-16-22(24(30)29-19-6-3-2-4-7-19)23(21-8-5-13-31-21)20(14-27)25(28-16)32-15-17-9-11-18(26)12-10-17/h2-13,22-23H,15H2,1H3,(H,29,30)/t22?,23-/m0/s1. The molecule has 1 aliphatic heterocycles. The summed E-state index contributed by atoms with van der Waals surface area (Å²) in [6.45, 7) is 1.82. The Kier molecular flexibility index (Phi) is 6.79. The molecule has 0 bridgehead atoms. The Bertz CT molecular complexity index is 1200. The largest absolute Gasteiger partial charge is 0.469 e. The number of rotatable bonds is 6. The van der Waals surface area contributed by atoms with Gasteiger partial charge >= 0.3 is 0 Å².